The van der Waals surface area contributed by atoms with Crippen molar-refractivity contribution in [1.29, 1.82) is 0 Å². The summed E-state index contributed by atoms with van der Waals surface area (Å²) in [6.45, 7) is 0. The van der Waals surface area contributed by atoms with E-state index in [0.29, 0.717) is 0 Å². The molecule has 7 nitrogen and oxygen atoms in total. The van der Waals surface area contributed by atoms with Gasteiger partial charge in [0.25, 0.3) is 0 Å². The van der Waals surface area contributed by atoms with Gasteiger partial charge in [0.1, 0.15) is 0 Å². The number of nitrogens with one attached hydrogen (secondary N) is 1. The van der Waals surface area contributed by atoms with E-state index in [1.807, 2.05) is 0 Å². The van der Waals surface area contributed by atoms with Gasteiger partial charge in [-0.1, -0.05) is 29.3 Å². The van der Waals surface area contributed by atoms with Crippen LogP contribution in [-0.4, -0.2) is 21.0 Å². The van der Waals surface area contributed by atoms with Gasteiger partial charge >= 0.3 is 11.7 Å². The molecule has 0 fully saturated rings. The minimum Gasteiger partial charge on any atom is -0.477 e. The third-order valence-corrected chi connectivity index (χ3v) is 3.31. The first-order chi connectivity index (χ1) is 9.90. The van der Waals surface area contributed by atoms with E-state index in [1.54, 1.807) is 12.1 Å². The molecule has 0 saturated heterocycles. The third-order valence-electron chi connectivity index (χ3n) is 2.49. The summed E-state index contributed by atoms with van der Waals surface area (Å²) < 4.78 is 0. The number of aromatic nitrogens is 1. The van der Waals surface area contributed by atoms with Crippen molar-refractivity contribution in [1.82, 2.24) is 4.98 Å². The molecule has 2 N–H and O–H groups in total. The van der Waals surface area contributed by atoms with Gasteiger partial charge in [-0.3, -0.25) is 10.1 Å². The number of carboxylic acid groups (broad SMARTS) is 1. The molecule has 0 atom stereocenters. The summed E-state index contributed by atoms with van der Waals surface area (Å²) >= 11 is 11.8. The number of pyridine rings is 1. The molecular weight excluding hydrogens is 321 g/mol. The molecule has 0 saturated carbocycles. The molecule has 21 heavy (non-hydrogen) atoms. The maximum atomic E-state index is 11.0. The fraction of sp³-hybridized carbons (Fsp3) is 0. The second-order valence-electron chi connectivity index (χ2n) is 3.85. The van der Waals surface area contributed by atoms with Gasteiger partial charge in [0.2, 0.25) is 5.82 Å². The molecule has 9 heteroatoms. The molecule has 0 amide bonds. The first-order valence-corrected chi connectivity index (χ1v) is 6.25. The fourth-order valence-electron chi connectivity index (χ4n) is 1.54. The lowest BCUT2D eigenvalue weighted by Crippen LogP contribution is -2.06. The second-order valence-corrected chi connectivity index (χ2v) is 4.64. The Morgan fingerprint density at radius 2 is 2.00 bits per heavy atom. The van der Waals surface area contributed by atoms with E-state index < -0.39 is 10.9 Å². The Kier molecular flexibility index (Phi) is 4.25. The summed E-state index contributed by atoms with van der Waals surface area (Å²) in [5.41, 5.74) is -0.431. The average Bonchev–Trinajstić information content (AvgIpc) is 2.43. The Balaban J connectivity index is 2.51. The molecule has 108 valence electrons. The van der Waals surface area contributed by atoms with E-state index in [0.717, 1.165) is 12.1 Å². The standard InChI is InChI=1S/C12H7Cl2N3O4/c13-6-2-1-3-7(10(6)14)15-11-9(17(20)21)5-4-8(16-11)12(18)19/h1-5H,(H,15,16)(H,18,19). The summed E-state index contributed by atoms with van der Waals surface area (Å²) in [7, 11) is 0. The van der Waals surface area contributed by atoms with Gasteiger partial charge < -0.3 is 10.4 Å². The molecule has 0 aliphatic carbocycles. The lowest BCUT2D eigenvalue weighted by atomic mass is 10.3. The summed E-state index contributed by atoms with van der Waals surface area (Å²) in [6.07, 6.45) is 0. The van der Waals surface area contributed by atoms with E-state index in [9.17, 15) is 14.9 Å². The highest BCUT2D eigenvalue weighted by molar-refractivity contribution is 6.43. The van der Waals surface area contributed by atoms with Crippen molar-refractivity contribution in [3.05, 3.63) is 56.2 Å². The number of nitro groups is 1. The number of carbonyl (C=O) groups is 1. The molecule has 1 aromatic carbocycles. The van der Waals surface area contributed by atoms with Crippen LogP contribution in [0.1, 0.15) is 10.5 Å². The number of nitrogens with zero attached hydrogens (tertiary/aromatic N) is 2. The predicted octanol–water partition coefficient (Wildman–Crippen LogP) is 3.74. The van der Waals surface area contributed by atoms with Crippen molar-refractivity contribution in [2.75, 3.05) is 5.32 Å². The maximum Gasteiger partial charge on any atom is 0.354 e. The number of halogens is 2. The molecule has 0 aliphatic rings. The first-order valence-electron chi connectivity index (χ1n) is 5.50. The van der Waals surface area contributed by atoms with Crippen molar-refractivity contribution in [3.63, 3.8) is 0 Å². The highest BCUT2D eigenvalue weighted by Crippen LogP contribution is 2.33. The van der Waals surface area contributed by atoms with Crippen LogP contribution in [0.5, 0.6) is 0 Å². The summed E-state index contributed by atoms with van der Waals surface area (Å²) in [5.74, 6) is -1.53. The number of rotatable bonds is 4. The fourth-order valence-corrected chi connectivity index (χ4v) is 1.89. The number of hydrogen-bond acceptors (Lipinski definition) is 5. The highest BCUT2D eigenvalue weighted by atomic mass is 35.5. The van der Waals surface area contributed by atoms with E-state index in [-0.39, 0.29) is 32.9 Å². The quantitative estimate of drug-likeness (QED) is 0.654. The topological polar surface area (TPSA) is 105 Å². The van der Waals surface area contributed by atoms with Crippen molar-refractivity contribution in [2.45, 2.75) is 0 Å². The van der Waals surface area contributed by atoms with E-state index in [4.69, 9.17) is 28.3 Å². The van der Waals surface area contributed by atoms with Crippen molar-refractivity contribution in [3.8, 4) is 0 Å². The van der Waals surface area contributed by atoms with Crippen LogP contribution in [0.4, 0.5) is 17.2 Å². The monoisotopic (exact) mass is 327 g/mol. The molecule has 1 aromatic heterocycles. The highest BCUT2D eigenvalue weighted by Gasteiger charge is 2.19. The number of aromatic carboxylic acids is 1. The van der Waals surface area contributed by atoms with Crippen LogP contribution in [0, 0.1) is 10.1 Å². The van der Waals surface area contributed by atoms with Crippen LogP contribution < -0.4 is 5.32 Å². The molecule has 0 radical (unpaired) electrons. The Morgan fingerprint density at radius 3 is 2.62 bits per heavy atom. The Labute approximate surface area is 128 Å². The summed E-state index contributed by atoms with van der Waals surface area (Å²) in [6, 6.07) is 6.77. The smallest absolute Gasteiger partial charge is 0.354 e. The zero-order valence-electron chi connectivity index (χ0n) is 10.2. The molecule has 0 unspecified atom stereocenters. The number of carboxylic acids is 1. The van der Waals surface area contributed by atoms with Gasteiger partial charge in [0.05, 0.1) is 20.7 Å². The van der Waals surface area contributed by atoms with Crippen LogP contribution >= 0.6 is 23.2 Å². The SMILES string of the molecule is O=C(O)c1ccc([N+](=O)[O-])c(Nc2cccc(Cl)c2Cl)n1. The summed E-state index contributed by atoms with van der Waals surface area (Å²) in [4.78, 5) is 24.9. The van der Waals surface area contributed by atoms with Gasteiger partial charge in [-0.25, -0.2) is 9.78 Å². The zero-order chi connectivity index (χ0) is 15.6. The zero-order valence-corrected chi connectivity index (χ0v) is 11.7. The normalized spacial score (nSPS) is 10.2. The number of benzene rings is 1. The van der Waals surface area contributed by atoms with Crippen LogP contribution in [0.25, 0.3) is 0 Å². The predicted molar refractivity (Wildman–Crippen MR) is 77.6 cm³/mol. The molecule has 1 heterocycles. The Morgan fingerprint density at radius 1 is 1.29 bits per heavy atom. The maximum absolute atomic E-state index is 11.0. The van der Waals surface area contributed by atoms with E-state index in [1.165, 1.54) is 6.07 Å². The van der Waals surface area contributed by atoms with Gasteiger partial charge in [0.15, 0.2) is 5.69 Å². The second kappa shape index (κ2) is 5.94. The minimum atomic E-state index is -1.30. The van der Waals surface area contributed by atoms with Gasteiger partial charge in [-0.15, -0.1) is 0 Å². The number of anilines is 2. The van der Waals surface area contributed by atoms with Gasteiger partial charge in [-0.05, 0) is 18.2 Å². The number of hydrogen-bond donors (Lipinski definition) is 2. The van der Waals surface area contributed by atoms with Crippen LogP contribution in [0.15, 0.2) is 30.3 Å². The molecule has 2 rings (SSSR count). The van der Waals surface area contributed by atoms with Crippen molar-refractivity contribution >= 4 is 46.4 Å². The summed E-state index contributed by atoms with van der Waals surface area (Å²) in [5, 5.41) is 22.9. The molecule has 0 bridgehead atoms. The first kappa shape index (κ1) is 15.0. The lowest BCUT2D eigenvalue weighted by Gasteiger charge is -2.09. The molecular formula is C12H7Cl2N3O4. The average molecular weight is 328 g/mol. The van der Waals surface area contributed by atoms with Crippen LogP contribution in [0.3, 0.4) is 0 Å². The van der Waals surface area contributed by atoms with Gasteiger partial charge in [-0.2, -0.15) is 0 Å². The third kappa shape index (κ3) is 3.21. The van der Waals surface area contributed by atoms with E-state index >= 15 is 0 Å². The molecule has 0 aliphatic heterocycles. The Hall–Kier alpha value is -2.38. The molecule has 2 aromatic rings. The van der Waals surface area contributed by atoms with Crippen molar-refractivity contribution in [2.24, 2.45) is 0 Å². The largest absolute Gasteiger partial charge is 0.477 e. The van der Waals surface area contributed by atoms with Crippen LogP contribution in [-0.2, 0) is 0 Å². The lowest BCUT2D eigenvalue weighted by molar-refractivity contribution is -0.384. The van der Waals surface area contributed by atoms with E-state index in [2.05, 4.69) is 10.3 Å². The molecule has 0 spiro atoms. The van der Waals surface area contributed by atoms with Gasteiger partial charge in [0, 0.05) is 6.07 Å². The minimum absolute atomic E-state index is 0.149. The van der Waals surface area contributed by atoms with Crippen molar-refractivity contribution < 1.29 is 14.8 Å². The van der Waals surface area contributed by atoms with Crippen LogP contribution in [0.2, 0.25) is 10.0 Å². The Bertz CT molecular complexity index is 736.